The van der Waals surface area contributed by atoms with Crippen LogP contribution in [0.25, 0.3) is 0 Å². The molecule has 4 nitrogen and oxygen atoms in total. The SMILES string of the molecule is CC1c2c(C3COC3)ccnc2CCN1C=O. The number of carbonyl (C=O) groups excluding carboxylic acids is 1. The third kappa shape index (κ3) is 1.63. The minimum atomic E-state index is 0.139. The van der Waals surface area contributed by atoms with Crippen molar-refractivity contribution in [3.8, 4) is 0 Å². The van der Waals surface area contributed by atoms with Crippen LogP contribution in [0.4, 0.5) is 0 Å². The summed E-state index contributed by atoms with van der Waals surface area (Å²) in [5, 5.41) is 0. The molecule has 1 aromatic heterocycles. The van der Waals surface area contributed by atoms with Gasteiger partial charge in [-0.15, -0.1) is 0 Å². The van der Waals surface area contributed by atoms with Gasteiger partial charge in [0.15, 0.2) is 0 Å². The first-order valence-electron chi connectivity index (χ1n) is 6.07. The van der Waals surface area contributed by atoms with Gasteiger partial charge in [0.2, 0.25) is 6.41 Å². The van der Waals surface area contributed by atoms with Crippen LogP contribution in [0.15, 0.2) is 12.3 Å². The molecule has 0 radical (unpaired) electrons. The molecule has 3 heterocycles. The van der Waals surface area contributed by atoms with Crippen molar-refractivity contribution in [2.45, 2.75) is 25.3 Å². The van der Waals surface area contributed by atoms with Gasteiger partial charge in [0.1, 0.15) is 0 Å². The predicted molar refractivity (Wildman–Crippen MR) is 62.7 cm³/mol. The van der Waals surface area contributed by atoms with Crippen LogP contribution in [0, 0.1) is 0 Å². The third-order valence-corrected chi connectivity index (χ3v) is 3.84. The number of aromatic nitrogens is 1. The van der Waals surface area contributed by atoms with Gasteiger partial charge < -0.3 is 9.64 Å². The lowest BCUT2D eigenvalue weighted by Gasteiger charge is -2.36. The first-order chi connectivity index (χ1) is 8.31. The molecular weight excluding hydrogens is 216 g/mol. The van der Waals surface area contributed by atoms with Crippen LogP contribution in [-0.4, -0.2) is 36.1 Å². The van der Waals surface area contributed by atoms with Crippen molar-refractivity contribution in [1.29, 1.82) is 0 Å². The van der Waals surface area contributed by atoms with Crippen molar-refractivity contribution in [2.24, 2.45) is 0 Å². The fourth-order valence-corrected chi connectivity index (χ4v) is 2.72. The lowest BCUT2D eigenvalue weighted by Crippen LogP contribution is -2.36. The first kappa shape index (κ1) is 10.7. The van der Waals surface area contributed by atoms with E-state index in [1.54, 1.807) is 0 Å². The standard InChI is InChI=1S/C13H16N2O2/c1-9-13-11(10-6-17-7-10)2-4-14-12(13)3-5-15(9)8-16/h2,4,8-10H,3,5-7H2,1H3. The molecule has 1 aromatic rings. The van der Waals surface area contributed by atoms with Gasteiger partial charge in [0.25, 0.3) is 0 Å². The van der Waals surface area contributed by atoms with Crippen molar-refractivity contribution in [3.05, 3.63) is 29.1 Å². The smallest absolute Gasteiger partial charge is 0.210 e. The van der Waals surface area contributed by atoms with E-state index in [1.165, 1.54) is 11.1 Å². The molecule has 1 saturated heterocycles. The van der Waals surface area contributed by atoms with E-state index in [2.05, 4.69) is 18.0 Å². The molecule has 1 amide bonds. The Labute approximate surface area is 101 Å². The summed E-state index contributed by atoms with van der Waals surface area (Å²) in [7, 11) is 0. The van der Waals surface area contributed by atoms with Gasteiger partial charge >= 0.3 is 0 Å². The number of hydrogen-bond donors (Lipinski definition) is 0. The topological polar surface area (TPSA) is 42.4 Å². The average Bonchev–Trinajstić information content (AvgIpc) is 2.27. The maximum absolute atomic E-state index is 11.0. The quantitative estimate of drug-likeness (QED) is 0.721. The Bertz CT molecular complexity index is 443. The minimum Gasteiger partial charge on any atom is -0.380 e. The first-order valence-corrected chi connectivity index (χ1v) is 6.07. The Balaban J connectivity index is 2.04. The monoisotopic (exact) mass is 232 g/mol. The normalized spacial score (nSPS) is 24.1. The fraction of sp³-hybridized carbons (Fsp3) is 0.538. The fourth-order valence-electron chi connectivity index (χ4n) is 2.72. The van der Waals surface area contributed by atoms with Crippen molar-refractivity contribution in [2.75, 3.05) is 19.8 Å². The summed E-state index contributed by atoms with van der Waals surface area (Å²) in [6.45, 7) is 4.45. The third-order valence-electron chi connectivity index (χ3n) is 3.84. The number of pyridine rings is 1. The number of fused-ring (bicyclic) bond motifs is 1. The average molecular weight is 232 g/mol. The highest BCUT2D eigenvalue weighted by Gasteiger charge is 2.31. The zero-order chi connectivity index (χ0) is 11.8. The van der Waals surface area contributed by atoms with Gasteiger partial charge in [-0.3, -0.25) is 9.78 Å². The number of rotatable bonds is 2. The summed E-state index contributed by atoms with van der Waals surface area (Å²) in [6, 6.07) is 2.22. The summed E-state index contributed by atoms with van der Waals surface area (Å²) in [6.07, 6.45) is 3.69. The van der Waals surface area contributed by atoms with Gasteiger partial charge in [-0.2, -0.15) is 0 Å². The molecular formula is C13H16N2O2. The predicted octanol–water partition coefficient (Wildman–Crippen LogP) is 1.27. The van der Waals surface area contributed by atoms with Crippen molar-refractivity contribution in [3.63, 3.8) is 0 Å². The lowest BCUT2D eigenvalue weighted by molar-refractivity contribution is -0.120. The van der Waals surface area contributed by atoms with Crippen LogP contribution in [-0.2, 0) is 16.0 Å². The Morgan fingerprint density at radius 2 is 2.35 bits per heavy atom. The molecule has 3 rings (SSSR count). The van der Waals surface area contributed by atoms with Gasteiger partial charge in [-0.05, 0) is 24.1 Å². The largest absolute Gasteiger partial charge is 0.380 e. The molecule has 0 spiro atoms. The zero-order valence-corrected chi connectivity index (χ0v) is 9.93. The van der Waals surface area contributed by atoms with Gasteiger partial charge in [0, 0.05) is 30.8 Å². The molecule has 0 aromatic carbocycles. The molecule has 2 aliphatic rings. The molecule has 2 aliphatic heterocycles. The molecule has 17 heavy (non-hydrogen) atoms. The van der Waals surface area contributed by atoms with E-state index in [9.17, 15) is 4.79 Å². The van der Waals surface area contributed by atoms with Crippen LogP contribution >= 0.6 is 0 Å². The highest BCUT2D eigenvalue weighted by molar-refractivity contribution is 5.51. The molecule has 90 valence electrons. The van der Waals surface area contributed by atoms with Crippen molar-refractivity contribution < 1.29 is 9.53 Å². The maximum atomic E-state index is 11.0. The van der Waals surface area contributed by atoms with Gasteiger partial charge in [-0.1, -0.05) is 0 Å². The highest BCUT2D eigenvalue weighted by Crippen LogP contribution is 2.36. The molecule has 4 heteroatoms. The second kappa shape index (κ2) is 4.11. The molecule has 0 bridgehead atoms. The van der Waals surface area contributed by atoms with E-state index in [-0.39, 0.29) is 6.04 Å². The van der Waals surface area contributed by atoms with Crippen LogP contribution in [0.5, 0.6) is 0 Å². The Morgan fingerprint density at radius 1 is 1.53 bits per heavy atom. The summed E-state index contributed by atoms with van der Waals surface area (Å²) >= 11 is 0. The van der Waals surface area contributed by atoms with Crippen LogP contribution in [0.1, 0.15) is 35.7 Å². The van der Waals surface area contributed by atoms with Gasteiger partial charge in [-0.25, -0.2) is 0 Å². The molecule has 1 fully saturated rings. The second-order valence-corrected chi connectivity index (χ2v) is 4.76. The Hall–Kier alpha value is -1.42. The van der Waals surface area contributed by atoms with E-state index in [1.807, 2.05) is 11.1 Å². The van der Waals surface area contributed by atoms with Gasteiger partial charge in [0.05, 0.1) is 19.3 Å². The zero-order valence-electron chi connectivity index (χ0n) is 9.93. The summed E-state index contributed by atoms with van der Waals surface area (Å²) in [5.74, 6) is 0.487. The molecule has 1 atom stereocenters. The minimum absolute atomic E-state index is 0.139. The van der Waals surface area contributed by atoms with E-state index in [4.69, 9.17) is 4.74 Å². The van der Waals surface area contributed by atoms with Crippen LogP contribution in [0.3, 0.4) is 0 Å². The number of amides is 1. The highest BCUT2D eigenvalue weighted by atomic mass is 16.5. The van der Waals surface area contributed by atoms with E-state index < -0.39 is 0 Å². The van der Waals surface area contributed by atoms with Crippen LogP contribution < -0.4 is 0 Å². The summed E-state index contributed by atoms with van der Waals surface area (Å²) < 4.78 is 5.27. The number of nitrogens with zero attached hydrogens (tertiary/aromatic N) is 2. The number of hydrogen-bond acceptors (Lipinski definition) is 3. The lowest BCUT2D eigenvalue weighted by atomic mass is 9.86. The van der Waals surface area contributed by atoms with Crippen LogP contribution in [0.2, 0.25) is 0 Å². The Kier molecular flexibility index (Phi) is 2.59. The molecule has 1 unspecified atom stereocenters. The number of carbonyl (C=O) groups is 1. The van der Waals surface area contributed by atoms with E-state index in [0.717, 1.165) is 38.3 Å². The molecule has 0 aliphatic carbocycles. The summed E-state index contributed by atoms with van der Waals surface area (Å²) in [4.78, 5) is 17.3. The summed E-state index contributed by atoms with van der Waals surface area (Å²) in [5.41, 5.74) is 3.72. The van der Waals surface area contributed by atoms with Crippen molar-refractivity contribution >= 4 is 6.41 Å². The number of ether oxygens (including phenoxy) is 1. The Morgan fingerprint density at radius 3 is 3.00 bits per heavy atom. The second-order valence-electron chi connectivity index (χ2n) is 4.76. The van der Waals surface area contributed by atoms with Crippen molar-refractivity contribution in [1.82, 2.24) is 9.88 Å². The van der Waals surface area contributed by atoms with E-state index in [0.29, 0.717) is 5.92 Å². The van der Waals surface area contributed by atoms with E-state index >= 15 is 0 Å². The maximum Gasteiger partial charge on any atom is 0.210 e. The molecule has 0 saturated carbocycles. The molecule has 0 N–H and O–H groups in total.